The van der Waals surface area contributed by atoms with E-state index >= 15 is 0 Å². The van der Waals surface area contributed by atoms with E-state index < -0.39 is 12.1 Å². The molecule has 1 amide bonds. The Morgan fingerprint density at radius 1 is 1.15 bits per heavy atom. The summed E-state index contributed by atoms with van der Waals surface area (Å²) in [6.07, 6.45) is -3.10. The zero-order valence-electron chi connectivity index (χ0n) is 16.7. The van der Waals surface area contributed by atoms with Crippen LogP contribution >= 0.6 is 0 Å². The summed E-state index contributed by atoms with van der Waals surface area (Å²) in [6.45, 7) is 0.264. The second-order valence-electron chi connectivity index (χ2n) is 6.94. The number of carboxylic acid groups (broad SMARTS) is 1. The first-order valence-electron chi connectivity index (χ1n) is 9.37. The third kappa shape index (κ3) is 5.99. The fourth-order valence-corrected chi connectivity index (χ4v) is 2.97. The van der Waals surface area contributed by atoms with Gasteiger partial charge in [0.1, 0.15) is 18.2 Å². The number of fused-ring (bicyclic) bond motifs is 1. The number of rotatable bonds is 3. The molecule has 12 heteroatoms. The molecular weight excluding hydrogens is 450 g/mol. The molecule has 0 spiro atoms. The average Bonchev–Trinajstić information content (AvgIpc) is 3.19. The highest BCUT2D eigenvalue weighted by atomic mass is 19.4. The summed E-state index contributed by atoms with van der Waals surface area (Å²) in [5.41, 5.74) is 8.59. The van der Waals surface area contributed by atoms with E-state index in [1.54, 1.807) is 24.4 Å². The topological polar surface area (TPSA) is 128 Å². The van der Waals surface area contributed by atoms with Gasteiger partial charge in [0, 0.05) is 5.69 Å². The number of hydrogen-bond donors (Lipinski definition) is 3. The lowest BCUT2D eigenvalue weighted by atomic mass is 9.96. The number of carbonyl (C=O) groups excluding carboxylic acids is 1. The third-order valence-electron chi connectivity index (χ3n) is 4.60. The maximum absolute atomic E-state index is 13.4. The van der Waals surface area contributed by atoms with Crippen molar-refractivity contribution in [1.82, 2.24) is 5.16 Å². The molecule has 0 saturated carbocycles. The number of nitrogen functional groups attached to an aromatic ring is 1. The number of aliphatic carboxylic acids is 1. The van der Waals surface area contributed by atoms with Crippen molar-refractivity contribution in [1.29, 1.82) is 0 Å². The van der Waals surface area contributed by atoms with Crippen molar-refractivity contribution >= 4 is 23.4 Å². The molecule has 33 heavy (non-hydrogen) atoms. The van der Waals surface area contributed by atoms with Gasteiger partial charge in [-0.2, -0.15) is 13.2 Å². The molecule has 0 aliphatic carbocycles. The van der Waals surface area contributed by atoms with Crippen molar-refractivity contribution in [2.45, 2.75) is 12.6 Å². The van der Waals surface area contributed by atoms with Gasteiger partial charge in [-0.05, 0) is 47.9 Å². The highest BCUT2D eigenvalue weighted by Gasteiger charge is 2.38. The lowest BCUT2D eigenvalue weighted by molar-refractivity contribution is -0.192. The Kier molecular flexibility index (Phi) is 6.85. The summed E-state index contributed by atoms with van der Waals surface area (Å²) in [7, 11) is 0. The second-order valence-corrected chi connectivity index (χ2v) is 6.94. The van der Waals surface area contributed by atoms with Crippen molar-refractivity contribution in [2.75, 3.05) is 17.7 Å². The zero-order valence-corrected chi connectivity index (χ0v) is 16.7. The Hall–Kier alpha value is -4.09. The highest BCUT2D eigenvalue weighted by Crippen LogP contribution is 2.29. The maximum Gasteiger partial charge on any atom is 0.490 e. The lowest BCUT2D eigenvalue weighted by Gasteiger charge is -2.24. The van der Waals surface area contributed by atoms with Crippen LogP contribution in [0.15, 0.2) is 53.2 Å². The molecule has 0 radical (unpaired) electrons. The highest BCUT2D eigenvalue weighted by molar-refractivity contribution is 5.93. The Morgan fingerprint density at radius 2 is 1.82 bits per heavy atom. The summed E-state index contributed by atoms with van der Waals surface area (Å²) in [6, 6.07) is 11.5. The van der Waals surface area contributed by atoms with Gasteiger partial charge in [0.05, 0.1) is 17.7 Å². The molecule has 2 aromatic carbocycles. The van der Waals surface area contributed by atoms with E-state index in [0.29, 0.717) is 29.0 Å². The summed E-state index contributed by atoms with van der Waals surface area (Å²) in [5, 5.41) is 13.6. The van der Waals surface area contributed by atoms with Crippen molar-refractivity contribution in [2.24, 2.45) is 5.92 Å². The van der Waals surface area contributed by atoms with E-state index in [1.807, 2.05) is 12.1 Å². The largest absolute Gasteiger partial charge is 0.492 e. The quantitative estimate of drug-likeness (QED) is 0.499. The monoisotopic (exact) mass is 467 g/mol. The van der Waals surface area contributed by atoms with Crippen LogP contribution in [0.5, 0.6) is 5.75 Å². The number of nitrogens with zero attached hydrogens (tertiary/aromatic N) is 1. The minimum absolute atomic E-state index is 0.169. The van der Waals surface area contributed by atoms with E-state index in [-0.39, 0.29) is 30.1 Å². The zero-order chi connectivity index (χ0) is 24.2. The van der Waals surface area contributed by atoms with E-state index in [0.717, 1.165) is 5.56 Å². The Morgan fingerprint density at radius 3 is 2.39 bits per heavy atom. The van der Waals surface area contributed by atoms with Gasteiger partial charge in [0.25, 0.3) is 0 Å². The van der Waals surface area contributed by atoms with E-state index in [4.69, 9.17) is 24.9 Å². The van der Waals surface area contributed by atoms with E-state index in [9.17, 15) is 22.4 Å². The lowest BCUT2D eigenvalue weighted by Crippen LogP contribution is -2.32. The van der Waals surface area contributed by atoms with Crippen LogP contribution in [-0.2, 0) is 16.0 Å². The van der Waals surface area contributed by atoms with E-state index in [1.165, 1.54) is 12.1 Å². The van der Waals surface area contributed by atoms with Gasteiger partial charge in [-0.15, -0.1) is 0 Å². The van der Waals surface area contributed by atoms with Crippen LogP contribution in [0.2, 0.25) is 0 Å². The number of benzene rings is 2. The molecule has 1 aromatic heterocycles. The van der Waals surface area contributed by atoms with Gasteiger partial charge in [-0.25, -0.2) is 9.18 Å². The summed E-state index contributed by atoms with van der Waals surface area (Å²) < 4.78 is 55.5. The van der Waals surface area contributed by atoms with Crippen molar-refractivity contribution in [3.63, 3.8) is 0 Å². The van der Waals surface area contributed by atoms with Crippen LogP contribution in [0.3, 0.4) is 0 Å². The number of ether oxygens (including phenoxy) is 1. The molecule has 0 bridgehead atoms. The van der Waals surface area contributed by atoms with Crippen LogP contribution in [-0.4, -0.2) is 34.9 Å². The minimum atomic E-state index is -5.08. The van der Waals surface area contributed by atoms with Crippen molar-refractivity contribution in [3.8, 4) is 16.9 Å². The Balaban J connectivity index is 0.000000383. The number of carbonyl (C=O) groups is 2. The molecule has 1 aliphatic rings. The van der Waals surface area contributed by atoms with Gasteiger partial charge in [0.15, 0.2) is 0 Å². The third-order valence-corrected chi connectivity index (χ3v) is 4.60. The van der Waals surface area contributed by atoms with E-state index in [2.05, 4.69) is 10.5 Å². The molecule has 4 N–H and O–H groups in total. The number of nitrogens with one attached hydrogen (secondary N) is 1. The molecular formula is C21H17F4N3O5. The van der Waals surface area contributed by atoms with Crippen molar-refractivity contribution < 1.29 is 41.5 Å². The van der Waals surface area contributed by atoms with Crippen LogP contribution in [0.4, 0.5) is 29.1 Å². The first kappa shape index (κ1) is 23.6. The molecule has 8 nitrogen and oxygen atoms in total. The molecule has 1 atom stereocenters. The SMILES string of the molecule is Nc1oncc1-c1ccc(NC(=O)C2COc3ccc(F)cc3C2)cc1.O=C(O)C(F)(F)F. The average molecular weight is 467 g/mol. The smallest absolute Gasteiger partial charge is 0.490 e. The number of anilines is 2. The van der Waals surface area contributed by atoms with Crippen LogP contribution in [0, 0.1) is 11.7 Å². The number of halogens is 4. The number of amides is 1. The van der Waals surface area contributed by atoms with Gasteiger partial charge in [-0.1, -0.05) is 17.3 Å². The maximum atomic E-state index is 13.4. The first-order chi connectivity index (χ1) is 15.5. The summed E-state index contributed by atoms with van der Waals surface area (Å²) >= 11 is 0. The molecule has 1 aliphatic heterocycles. The second kappa shape index (κ2) is 9.59. The number of nitrogens with two attached hydrogens (primary N) is 1. The Labute approximate surface area is 183 Å². The van der Waals surface area contributed by atoms with Crippen LogP contribution < -0.4 is 15.8 Å². The number of aromatic nitrogens is 1. The standard InChI is InChI=1S/C19H16FN3O3.C2HF3O2/c20-14-3-6-17-12(8-14)7-13(10-25-17)19(24)23-15-4-1-11(2-5-15)16-9-22-26-18(16)21;3-2(4,5)1(6)7/h1-6,8-9,13H,7,10,21H2,(H,23,24);(H,6,7). The van der Waals surface area contributed by atoms with Crippen LogP contribution in [0.25, 0.3) is 11.1 Å². The normalized spacial score (nSPS) is 14.8. The molecule has 174 valence electrons. The molecule has 3 aromatic rings. The first-order valence-corrected chi connectivity index (χ1v) is 9.37. The van der Waals surface area contributed by atoms with Gasteiger partial charge < -0.3 is 25.4 Å². The molecule has 2 heterocycles. The van der Waals surface area contributed by atoms with Crippen molar-refractivity contribution in [3.05, 3.63) is 60.0 Å². The minimum Gasteiger partial charge on any atom is -0.492 e. The van der Waals surface area contributed by atoms with Crippen LogP contribution in [0.1, 0.15) is 5.56 Å². The van der Waals surface area contributed by atoms with Gasteiger partial charge in [-0.3, -0.25) is 4.79 Å². The fourth-order valence-electron chi connectivity index (χ4n) is 2.97. The molecule has 1 unspecified atom stereocenters. The van der Waals surface area contributed by atoms with Gasteiger partial charge >= 0.3 is 12.1 Å². The number of carboxylic acids is 1. The fraction of sp³-hybridized carbons (Fsp3) is 0.190. The van der Waals surface area contributed by atoms with Gasteiger partial charge in [0.2, 0.25) is 11.8 Å². The summed E-state index contributed by atoms with van der Waals surface area (Å²) in [4.78, 5) is 21.4. The molecule has 0 fully saturated rings. The number of alkyl halides is 3. The predicted molar refractivity (Wildman–Crippen MR) is 108 cm³/mol. The summed E-state index contributed by atoms with van der Waals surface area (Å²) in [5.74, 6) is -2.77. The molecule has 0 saturated heterocycles. The number of hydrogen-bond acceptors (Lipinski definition) is 6. The predicted octanol–water partition coefficient (Wildman–Crippen LogP) is 3.89. The Bertz CT molecular complexity index is 1150. The molecule has 4 rings (SSSR count).